The van der Waals surface area contributed by atoms with Gasteiger partial charge in [-0.05, 0) is 13.0 Å². The van der Waals surface area contributed by atoms with E-state index in [0.29, 0.717) is 4.70 Å². The second-order valence-corrected chi connectivity index (χ2v) is 5.35. The lowest BCUT2D eigenvalue weighted by molar-refractivity contribution is 0.974. The summed E-state index contributed by atoms with van der Waals surface area (Å²) < 4.78 is 0.694. The molecule has 6 heteroatoms. The molecule has 0 fully saturated rings. The van der Waals surface area contributed by atoms with Gasteiger partial charge in [-0.1, -0.05) is 0 Å². The highest BCUT2D eigenvalue weighted by atomic mass is 32.1. The Morgan fingerprint density at radius 1 is 1.33 bits per heavy atom. The summed E-state index contributed by atoms with van der Waals surface area (Å²) in [6.07, 6.45) is 1.77. The Morgan fingerprint density at radius 3 is 2.83 bits per heavy atom. The van der Waals surface area contributed by atoms with Crippen LogP contribution in [-0.2, 0) is 0 Å². The molecule has 3 rings (SSSR count). The van der Waals surface area contributed by atoms with Crippen molar-refractivity contribution in [2.24, 2.45) is 0 Å². The van der Waals surface area contributed by atoms with Crippen LogP contribution in [0.25, 0.3) is 20.3 Å². The first-order chi connectivity index (χ1) is 8.59. The van der Waals surface area contributed by atoms with E-state index in [2.05, 4.69) is 15.2 Å². The average Bonchev–Trinajstić information content (AvgIpc) is 2.74. The van der Waals surface area contributed by atoms with Crippen LogP contribution in [0, 0.1) is 6.92 Å². The number of nitrogens with zero attached hydrogens (tertiary/aromatic N) is 3. The minimum Gasteiger partial charge on any atom is -0.377 e. The van der Waals surface area contributed by atoms with E-state index in [1.807, 2.05) is 32.0 Å². The summed E-state index contributed by atoms with van der Waals surface area (Å²) >= 11 is 1.41. The largest absolute Gasteiger partial charge is 0.377 e. The maximum Gasteiger partial charge on any atom is 0.282 e. The van der Waals surface area contributed by atoms with E-state index in [9.17, 15) is 4.79 Å². The Bertz CT molecular complexity index is 803. The lowest BCUT2D eigenvalue weighted by atomic mass is 10.1. The summed E-state index contributed by atoms with van der Waals surface area (Å²) in [7, 11) is 3.96. The van der Waals surface area contributed by atoms with Crippen LogP contribution < -0.4 is 10.5 Å². The molecule has 0 radical (unpaired) electrons. The molecule has 0 atom stereocenters. The van der Waals surface area contributed by atoms with Gasteiger partial charge in [0.15, 0.2) is 0 Å². The van der Waals surface area contributed by atoms with Gasteiger partial charge < -0.3 is 4.90 Å². The molecule has 0 aliphatic heterocycles. The second kappa shape index (κ2) is 3.78. The molecule has 92 valence electrons. The third kappa shape index (κ3) is 1.42. The van der Waals surface area contributed by atoms with E-state index in [1.165, 1.54) is 11.3 Å². The summed E-state index contributed by atoms with van der Waals surface area (Å²) in [5, 5.41) is 8.49. The number of aromatic nitrogens is 3. The zero-order chi connectivity index (χ0) is 12.9. The van der Waals surface area contributed by atoms with Crippen LogP contribution in [0.3, 0.4) is 0 Å². The van der Waals surface area contributed by atoms with Gasteiger partial charge in [-0.15, -0.1) is 11.3 Å². The van der Waals surface area contributed by atoms with Crippen molar-refractivity contribution in [3.8, 4) is 0 Å². The predicted molar refractivity (Wildman–Crippen MR) is 74.6 cm³/mol. The summed E-state index contributed by atoms with van der Waals surface area (Å²) in [6, 6.07) is 1.95. The first-order valence-electron chi connectivity index (χ1n) is 5.53. The van der Waals surface area contributed by atoms with Crippen molar-refractivity contribution in [1.29, 1.82) is 0 Å². The van der Waals surface area contributed by atoms with Crippen LogP contribution in [0.4, 0.5) is 5.69 Å². The fraction of sp³-hybridized carbons (Fsp3) is 0.250. The fourth-order valence-corrected chi connectivity index (χ4v) is 3.23. The molecule has 0 aromatic carbocycles. The van der Waals surface area contributed by atoms with E-state index < -0.39 is 0 Å². The highest BCUT2D eigenvalue weighted by Crippen LogP contribution is 2.36. The molecule has 3 heterocycles. The molecular formula is C12H12N4OS. The number of thiophene rings is 1. The molecule has 18 heavy (non-hydrogen) atoms. The van der Waals surface area contributed by atoms with Gasteiger partial charge in [0.1, 0.15) is 9.53 Å². The normalized spacial score (nSPS) is 11.3. The van der Waals surface area contributed by atoms with Crippen molar-refractivity contribution in [2.75, 3.05) is 19.0 Å². The number of rotatable bonds is 1. The number of anilines is 1. The second-order valence-electron chi connectivity index (χ2n) is 4.35. The van der Waals surface area contributed by atoms with Crippen molar-refractivity contribution < 1.29 is 0 Å². The van der Waals surface area contributed by atoms with E-state index >= 15 is 0 Å². The Balaban J connectivity index is 2.63. The number of H-pyrrole nitrogens is 1. The third-order valence-corrected chi connectivity index (χ3v) is 4.04. The number of fused-ring (bicyclic) bond motifs is 3. The number of aromatic amines is 1. The molecule has 0 spiro atoms. The fourth-order valence-electron chi connectivity index (χ4n) is 2.13. The van der Waals surface area contributed by atoms with Gasteiger partial charge >= 0.3 is 0 Å². The van der Waals surface area contributed by atoms with Crippen LogP contribution in [0.15, 0.2) is 17.1 Å². The highest BCUT2D eigenvalue weighted by molar-refractivity contribution is 7.25. The van der Waals surface area contributed by atoms with Crippen LogP contribution in [0.1, 0.15) is 5.69 Å². The number of aryl methyl sites for hydroxylation is 1. The zero-order valence-corrected chi connectivity index (χ0v) is 11.1. The SMILES string of the molecule is Cc1n[nH]c(=O)c2sc3nccc(N(C)C)c3c12. The van der Waals surface area contributed by atoms with Crippen molar-refractivity contribution in [2.45, 2.75) is 6.92 Å². The Kier molecular flexibility index (Phi) is 2.34. The van der Waals surface area contributed by atoms with E-state index in [0.717, 1.165) is 27.0 Å². The molecule has 0 aliphatic rings. The first-order valence-corrected chi connectivity index (χ1v) is 6.35. The van der Waals surface area contributed by atoms with Gasteiger partial charge in [0.2, 0.25) is 0 Å². The molecule has 3 aromatic heterocycles. The molecule has 0 aliphatic carbocycles. The van der Waals surface area contributed by atoms with Gasteiger partial charge in [0.25, 0.3) is 5.56 Å². The molecule has 0 amide bonds. The molecule has 0 bridgehead atoms. The Hall–Kier alpha value is -1.95. The van der Waals surface area contributed by atoms with E-state index in [1.54, 1.807) is 6.20 Å². The van der Waals surface area contributed by atoms with Crippen molar-refractivity contribution in [1.82, 2.24) is 15.2 Å². The number of nitrogens with one attached hydrogen (secondary N) is 1. The molecule has 0 saturated heterocycles. The number of hydrogen-bond donors (Lipinski definition) is 1. The van der Waals surface area contributed by atoms with Crippen molar-refractivity contribution >= 4 is 37.3 Å². The topological polar surface area (TPSA) is 61.9 Å². The minimum absolute atomic E-state index is 0.150. The van der Waals surface area contributed by atoms with Gasteiger partial charge in [-0.25, -0.2) is 10.1 Å². The Morgan fingerprint density at radius 2 is 2.11 bits per heavy atom. The number of hydrogen-bond acceptors (Lipinski definition) is 5. The predicted octanol–water partition coefficient (Wildman–Crippen LogP) is 1.91. The summed E-state index contributed by atoms with van der Waals surface area (Å²) in [6.45, 7) is 1.90. The lowest BCUT2D eigenvalue weighted by Gasteiger charge is -2.13. The maximum absolute atomic E-state index is 11.8. The van der Waals surface area contributed by atoms with Crippen molar-refractivity contribution in [3.05, 3.63) is 28.3 Å². The van der Waals surface area contributed by atoms with Gasteiger partial charge in [-0.3, -0.25) is 4.79 Å². The monoisotopic (exact) mass is 260 g/mol. The van der Waals surface area contributed by atoms with Crippen LogP contribution >= 0.6 is 11.3 Å². The minimum atomic E-state index is -0.150. The standard InChI is InChI=1S/C12H12N4OS/c1-6-8-9-7(16(2)3)4-5-13-12(9)18-10(8)11(17)15-14-6/h4-5H,1-3H3,(H,15,17). The van der Waals surface area contributed by atoms with E-state index in [-0.39, 0.29) is 5.56 Å². The molecule has 0 saturated carbocycles. The summed E-state index contributed by atoms with van der Waals surface area (Å²) in [5.74, 6) is 0. The van der Waals surface area contributed by atoms with Gasteiger partial charge in [0, 0.05) is 36.8 Å². The van der Waals surface area contributed by atoms with E-state index in [4.69, 9.17) is 0 Å². The smallest absolute Gasteiger partial charge is 0.282 e. The van der Waals surface area contributed by atoms with Crippen molar-refractivity contribution in [3.63, 3.8) is 0 Å². The Labute approximate surface area is 107 Å². The van der Waals surface area contributed by atoms with Gasteiger partial charge in [-0.2, -0.15) is 5.10 Å². The zero-order valence-electron chi connectivity index (χ0n) is 10.3. The maximum atomic E-state index is 11.8. The summed E-state index contributed by atoms with van der Waals surface area (Å²) in [4.78, 5) is 19.1. The molecular weight excluding hydrogens is 248 g/mol. The third-order valence-electron chi connectivity index (χ3n) is 2.94. The quantitative estimate of drug-likeness (QED) is 0.726. The molecule has 1 N–H and O–H groups in total. The summed E-state index contributed by atoms with van der Waals surface area (Å²) in [5.41, 5.74) is 1.73. The van der Waals surface area contributed by atoms with Crippen LogP contribution in [0.5, 0.6) is 0 Å². The van der Waals surface area contributed by atoms with Crippen LogP contribution in [0.2, 0.25) is 0 Å². The van der Waals surface area contributed by atoms with Gasteiger partial charge in [0.05, 0.1) is 5.69 Å². The highest BCUT2D eigenvalue weighted by Gasteiger charge is 2.16. The molecule has 3 aromatic rings. The molecule has 0 unspecified atom stereocenters. The average molecular weight is 260 g/mol. The lowest BCUT2D eigenvalue weighted by Crippen LogP contribution is -2.10. The number of pyridine rings is 1. The van der Waals surface area contributed by atoms with Crippen LogP contribution in [-0.4, -0.2) is 29.3 Å². The molecule has 5 nitrogen and oxygen atoms in total. The first kappa shape index (κ1) is 11.2.